The molecule has 4 nitrogen and oxygen atoms in total. The highest BCUT2D eigenvalue weighted by Gasteiger charge is 2.19. The van der Waals surface area contributed by atoms with Gasteiger partial charge in [-0.2, -0.15) is 5.10 Å². The minimum Gasteiger partial charge on any atom is -0.349 e. The fourth-order valence-electron chi connectivity index (χ4n) is 2.59. The number of amides is 1. The van der Waals surface area contributed by atoms with Gasteiger partial charge in [-0.1, -0.05) is 36.8 Å². The van der Waals surface area contributed by atoms with Gasteiger partial charge in [0.2, 0.25) is 0 Å². The number of benzene rings is 2. The Morgan fingerprint density at radius 3 is 2.42 bits per heavy atom. The minimum absolute atomic E-state index is 0.0718. The molecule has 1 aromatic heterocycles. The van der Waals surface area contributed by atoms with Gasteiger partial charge in [0, 0.05) is 17.8 Å². The molecular weight excluding hydrogens is 329 g/mol. The maximum Gasteiger partial charge on any atom is 0.255 e. The molecule has 134 valence electrons. The number of nitrogens with zero attached hydrogens (tertiary/aromatic N) is 2. The van der Waals surface area contributed by atoms with Crippen LogP contribution in [0.15, 0.2) is 54.7 Å². The number of aromatic nitrogens is 2. The van der Waals surface area contributed by atoms with Crippen molar-refractivity contribution in [3.8, 4) is 16.9 Å². The third kappa shape index (κ3) is 3.82. The lowest BCUT2D eigenvalue weighted by atomic mass is 10.1. The lowest BCUT2D eigenvalue weighted by molar-refractivity contribution is 0.0940. The molecule has 2 aromatic carbocycles. The van der Waals surface area contributed by atoms with Crippen molar-refractivity contribution >= 4 is 5.91 Å². The Hall–Kier alpha value is -2.95. The van der Waals surface area contributed by atoms with E-state index in [1.165, 1.54) is 12.1 Å². The Kier molecular flexibility index (Phi) is 5.16. The van der Waals surface area contributed by atoms with Gasteiger partial charge in [-0.05, 0) is 44.5 Å². The second kappa shape index (κ2) is 7.52. The highest BCUT2D eigenvalue weighted by molar-refractivity contribution is 6.00. The van der Waals surface area contributed by atoms with Crippen LogP contribution in [0.1, 0.15) is 36.2 Å². The van der Waals surface area contributed by atoms with Crippen LogP contribution in [0.2, 0.25) is 0 Å². The molecule has 1 atom stereocenters. The first kappa shape index (κ1) is 17.9. The van der Waals surface area contributed by atoms with E-state index in [1.54, 1.807) is 23.0 Å². The van der Waals surface area contributed by atoms with Gasteiger partial charge < -0.3 is 5.32 Å². The summed E-state index contributed by atoms with van der Waals surface area (Å²) in [6.07, 6.45) is 2.54. The molecule has 0 saturated heterocycles. The number of aryl methyl sites for hydroxylation is 1. The monoisotopic (exact) mass is 351 g/mol. The Bertz CT molecular complexity index is 898. The molecule has 0 saturated carbocycles. The van der Waals surface area contributed by atoms with E-state index < -0.39 is 0 Å². The lowest BCUT2D eigenvalue weighted by Crippen LogP contribution is -2.32. The molecule has 1 heterocycles. The Morgan fingerprint density at radius 2 is 1.81 bits per heavy atom. The Balaban J connectivity index is 2.06. The summed E-state index contributed by atoms with van der Waals surface area (Å²) in [5.41, 5.74) is 3.80. The topological polar surface area (TPSA) is 46.9 Å². The third-order valence-electron chi connectivity index (χ3n) is 4.36. The Morgan fingerprint density at radius 1 is 1.15 bits per heavy atom. The van der Waals surface area contributed by atoms with E-state index in [4.69, 9.17) is 0 Å². The first-order chi connectivity index (χ1) is 12.5. The van der Waals surface area contributed by atoms with Crippen LogP contribution < -0.4 is 5.32 Å². The standard InChI is InChI=1S/C21H22FN3O/c1-4-15(3)23-21(26)19-13-25(18-11-9-17(22)10-12-18)24-20(19)16-7-5-14(2)6-8-16/h5-13,15H,4H2,1-3H3,(H,23,26). The molecule has 5 heteroatoms. The van der Waals surface area contributed by atoms with Crippen molar-refractivity contribution in [3.05, 3.63) is 71.7 Å². The molecule has 3 aromatic rings. The number of halogens is 1. The summed E-state index contributed by atoms with van der Waals surface area (Å²) < 4.78 is 14.8. The van der Waals surface area contributed by atoms with E-state index in [0.717, 1.165) is 17.5 Å². The van der Waals surface area contributed by atoms with Crippen molar-refractivity contribution in [1.29, 1.82) is 0 Å². The van der Waals surface area contributed by atoms with E-state index in [1.807, 2.05) is 45.0 Å². The van der Waals surface area contributed by atoms with Gasteiger partial charge in [-0.25, -0.2) is 9.07 Å². The molecule has 3 rings (SSSR count). The number of nitrogens with one attached hydrogen (secondary N) is 1. The molecule has 0 fully saturated rings. The molecule has 0 aliphatic rings. The molecule has 0 spiro atoms. The summed E-state index contributed by atoms with van der Waals surface area (Å²) in [5, 5.41) is 7.59. The van der Waals surface area contributed by atoms with Crippen LogP contribution in [-0.2, 0) is 0 Å². The van der Waals surface area contributed by atoms with Crippen LogP contribution in [0, 0.1) is 12.7 Å². The number of rotatable bonds is 5. The van der Waals surface area contributed by atoms with Gasteiger partial charge in [0.25, 0.3) is 5.91 Å². The van der Waals surface area contributed by atoms with Crippen molar-refractivity contribution in [2.75, 3.05) is 0 Å². The quantitative estimate of drug-likeness (QED) is 0.735. The molecule has 26 heavy (non-hydrogen) atoms. The van der Waals surface area contributed by atoms with Crippen LogP contribution in [0.25, 0.3) is 16.9 Å². The maximum absolute atomic E-state index is 13.2. The second-order valence-electron chi connectivity index (χ2n) is 6.46. The van der Waals surface area contributed by atoms with Crippen molar-refractivity contribution < 1.29 is 9.18 Å². The highest BCUT2D eigenvalue weighted by Crippen LogP contribution is 2.24. The van der Waals surface area contributed by atoms with E-state index >= 15 is 0 Å². The zero-order valence-corrected chi connectivity index (χ0v) is 15.2. The average Bonchev–Trinajstić information content (AvgIpc) is 3.08. The number of hydrogen-bond acceptors (Lipinski definition) is 2. The summed E-state index contributed by atoms with van der Waals surface area (Å²) >= 11 is 0. The summed E-state index contributed by atoms with van der Waals surface area (Å²) in [6, 6.07) is 14.0. The van der Waals surface area contributed by atoms with Crippen molar-refractivity contribution in [1.82, 2.24) is 15.1 Å². The smallest absolute Gasteiger partial charge is 0.255 e. The maximum atomic E-state index is 13.2. The van der Waals surface area contributed by atoms with E-state index in [9.17, 15) is 9.18 Å². The molecule has 1 unspecified atom stereocenters. The third-order valence-corrected chi connectivity index (χ3v) is 4.36. The van der Waals surface area contributed by atoms with Gasteiger partial charge in [-0.3, -0.25) is 4.79 Å². The minimum atomic E-state index is -0.311. The highest BCUT2D eigenvalue weighted by atomic mass is 19.1. The molecular formula is C21H22FN3O. The number of hydrogen-bond donors (Lipinski definition) is 1. The second-order valence-corrected chi connectivity index (χ2v) is 6.46. The largest absolute Gasteiger partial charge is 0.349 e. The van der Waals surface area contributed by atoms with Crippen LogP contribution in [0.5, 0.6) is 0 Å². The molecule has 1 amide bonds. The van der Waals surface area contributed by atoms with E-state index in [2.05, 4.69) is 10.4 Å². The summed E-state index contributed by atoms with van der Waals surface area (Å²) in [7, 11) is 0. The predicted molar refractivity (Wildman–Crippen MR) is 101 cm³/mol. The molecule has 0 radical (unpaired) electrons. The fourth-order valence-corrected chi connectivity index (χ4v) is 2.59. The number of carbonyl (C=O) groups is 1. The molecule has 0 bridgehead atoms. The van der Waals surface area contributed by atoms with Gasteiger partial charge in [0.05, 0.1) is 11.3 Å². The van der Waals surface area contributed by atoms with Crippen molar-refractivity contribution in [2.24, 2.45) is 0 Å². The van der Waals surface area contributed by atoms with Crippen molar-refractivity contribution in [3.63, 3.8) is 0 Å². The van der Waals surface area contributed by atoms with E-state index in [-0.39, 0.29) is 17.8 Å². The lowest BCUT2D eigenvalue weighted by Gasteiger charge is -2.11. The van der Waals surface area contributed by atoms with Gasteiger partial charge in [-0.15, -0.1) is 0 Å². The zero-order valence-electron chi connectivity index (χ0n) is 15.2. The SMILES string of the molecule is CCC(C)NC(=O)c1cn(-c2ccc(F)cc2)nc1-c1ccc(C)cc1. The summed E-state index contributed by atoms with van der Waals surface area (Å²) in [6.45, 7) is 6.00. The summed E-state index contributed by atoms with van der Waals surface area (Å²) in [5.74, 6) is -0.474. The number of carbonyl (C=O) groups excluding carboxylic acids is 1. The van der Waals surface area contributed by atoms with Gasteiger partial charge >= 0.3 is 0 Å². The van der Waals surface area contributed by atoms with Crippen LogP contribution in [0.3, 0.4) is 0 Å². The fraction of sp³-hybridized carbons (Fsp3) is 0.238. The normalized spacial score (nSPS) is 12.0. The van der Waals surface area contributed by atoms with Crippen LogP contribution in [-0.4, -0.2) is 21.7 Å². The predicted octanol–water partition coefficient (Wildman–Crippen LogP) is 4.52. The van der Waals surface area contributed by atoms with Crippen LogP contribution >= 0.6 is 0 Å². The summed E-state index contributed by atoms with van der Waals surface area (Å²) in [4.78, 5) is 12.7. The van der Waals surface area contributed by atoms with Crippen molar-refractivity contribution in [2.45, 2.75) is 33.2 Å². The molecule has 1 N–H and O–H groups in total. The molecule has 0 aliphatic heterocycles. The van der Waals surface area contributed by atoms with Gasteiger partial charge in [0.15, 0.2) is 0 Å². The van der Waals surface area contributed by atoms with E-state index in [0.29, 0.717) is 16.9 Å². The van der Waals surface area contributed by atoms with Crippen LogP contribution in [0.4, 0.5) is 4.39 Å². The first-order valence-corrected chi connectivity index (χ1v) is 8.71. The van der Waals surface area contributed by atoms with Gasteiger partial charge in [0.1, 0.15) is 11.5 Å². The Labute approximate surface area is 152 Å². The first-order valence-electron chi connectivity index (χ1n) is 8.71. The zero-order chi connectivity index (χ0) is 18.7. The average molecular weight is 351 g/mol. The molecule has 0 aliphatic carbocycles.